The first-order valence-electron chi connectivity index (χ1n) is 3.99. The van der Waals surface area contributed by atoms with Crippen LogP contribution in [0.2, 0.25) is 0 Å². The summed E-state index contributed by atoms with van der Waals surface area (Å²) in [6, 6.07) is 0.626. The molecule has 0 aromatic heterocycles. The van der Waals surface area contributed by atoms with Gasteiger partial charge in [0.25, 0.3) is 0 Å². The molecule has 1 aliphatic carbocycles. The van der Waals surface area contributed by atoms with Gasteiger partial charge in [0.1, 0.15) is 5.50 Å². The molecule has 1 atom stereocenters. The van der Waals surface area contributed by atoms with Gasteiger partial charge in [0.2, 0.25) is 0 Å². The van der Waals surface area contributed by atoms with Crippen LogP contribution in [-0.2, 0) is 0 Å². The number of hydrogen-bond acceptors (Lipinski definition) is 3. The molecule has 0 bridgehead atoms. The molecule has 0 saturated heterocycles. The van der Waals surface area contributed by atoms with E-state index in [0.29, 0.717) is 6.04 Å². The van der Waals surface area contributed by atoms with Gasteiger partial charge in [-0.15, -0.1) is 12.6 Å². The molecule has 0 heterocycles. The molecule has 0 aromatic rings. The molecule has 10 heavy (non-hydrogen) atoms. The maximum atomic E-state index is 5.48. The molecule has 3 N–H and O–H groups in total. The zero-order valence-corrected chi connectivity index (χ0v) is 7.11. The van der Waals surface area contributed by atoms with Gasteiger partial charge in [0.05, 0.1) is 0 Å². The fraction of sp³-hybridized carbons (Fsp3) is 1.00. The Morgan fingerprint density at radius 3 is 2.40 bits per heavy atom. The Bertz CT molecular complexity index is 89.6. The first-order chi connectivity index (χ1) is 4.79. The molecule has 0 amide bonds. The molecule has 2 nitrogen and oxygen atoms in total. The molecule has 0 radical (unpaired) electrons. The van der Waals surface area contributed by atoms with Crippen LogP contribution in [0, 0.1) is 0 Å². The molecule has 1 unspecified atom stereocenters. The van der Waals surface area contributed by atoms with Gasteiger partial charge in [-0.05, 0) is 12.8 Å². The Morgan fingerprint density at radius 1 is 1.30 bits per heavy atom. The van der Waals surface area contributed by atoms with Gasteiger partial charge < -0.3 is 5.73 Å². The lowest BCUT2D eigenvalue weighted by Gasteiger charge is -2.24. The van der Waals surface area contributed by atoms with Crippen molar-refractivity contribution in [2.45, 2.75) is 43.6 Å². The van der Waals surface area contributed by atoms with Gasteiger partial charge in [-0.25, -0.2) is 0 Å². The van der Waals surface area contributed by atoms with Crippen LogP contribution in [0.4, 0.5) is 0 Å². The second kappa shape index (κ2) is 4.21. The Balaban J connectivity index is 2.13. The van der Waals surface area contributed by atoms with E-state index < -0.39 is 0 Å². The highest BCUT2D eigenvalue weighted by Crippen LogP contribution is 2.17. The van der Waals surface area contributed by atoms with E-state index in [1.807, 2.05) is 0 Å². The van der Waals surface area contributed by atoms with Crippen LogP contribution in [0.25, 0.3) is 0 Å². The minimum atomic E-state index is -0.136. The summed E-state index contributed by atoms with van der Waals surface area (Å²) in [5, 5.41) is 3.22. The number of nitrogens with one attached hydrogen (secondary N) is 1. The highest BCUT2D eigenvalue weighted by Gasteiger charge is 2.13. The fourth-order valence-corrected chi connectivity index (χ4v) is 1.72. The molecule has 1 fully saturated rings. The average Bonchev–Trinajstić information content (AvgIpc) is 1.88. The zero-order chi connectivity index (χ0) is 7.40. The Labute approximate surface area is 68.0 Å². The van der Waals surface area contributed by atoms with Crippen LogP contribution in [0.15, 0.2) is 0 Å². The third-order valence-corrected chi connectivity index (χ3v) is 2.16. The lowest BCUT2D eigenvalue weighted by Crippen LogP contribution is -2.41. The highest BCUT2D eigenvalue weighted by atomic mass is 32.1. The van der Waals surface area contributed by atoms with Gasteiger partial charge in [0.15, 0.2) is 0 Å². The summed E-state index contributed by atoms with van der Waals surface area (Å²) in [5.41, 5.74) is 5.34. The molecule has 60 valence electrons. The molecular weight excluding hydrogens is 144 g/mol. The van der Waals surface area contributed by atoms with E-state index in [-0.39, 0.29) is 5.50 Å². The summed E-state index contributed by atoms with van der Waals surface area (Å²) in [6.07, 6.45) is 6.62. The first kappa shape index (κ1) is 8.37. The second-order valence-electron chi connectivity index (χ2n) is 2.95. The van der Waals surface area contributed by atoms with Crippen molar-refractivity contribution in [2.24, 2.45) is 5.73 Å². The van der Waals surface area contributed by atoms with Crippen molar-refractivity contribution in [3.63, 3.8) is 0 Å². The first-order valence-corrected chi connectivity index (χ1v) is 4.50. The molecule has 1 saturated carbocycles. The number of nitrogens with two attached hydrogens (primary N) is 1. The number of hydrogen-bond donors (Lipinski definition) is 3. The van der Waals surface area contributed by atoms with Crippen molar-refractivity contribution in [3.05, 3.63) is 0 Å². The minimum absolute atomic E-state index is 0.136. The fourth-order valence-electron chi connectivity index (χ4n) is 1.51. The van der Waals surface area contributed by atoms with Crippen molar-refractivity contribution in [2.75, 3.05) is 0 Å². The van der Waals surface area contributed by atoms with E-state index >= 15 is 0 Å². The number of thiol groups is 1. The zero-order valence-electron chi connectivity index (χ0n) is 6.21. The molecular formula is C7H16N2S. The van der Waals surface area contributed by atoms with E-state index in [9.17, 15) is 0 Å². The largest absolute Gasteiger partial charge is 0.308 e. The molecule has 0 spiro atoms. The lowest BCUT2D eigenvalue weighted by molar-refractivity contribution is 0.370. The molecule has 3 heteroatoms. The summed E-state index contributed by atoms with van der Waals surface area (Å²) in [7, 11) is 0. The van der Waals surface area contributed by atoms with Gasteiger partial charge >= 0.3 is 0 Å². The third-order valence-electron chi connectivity index (χ3n) is 2.01. The van der Waals surface area contributed by atoms with Crippen molar-refractivity contribution >= 4 is 12.6 Å². The third kappa shape index (κ3) is 2.90. The smallest absolute Gasteiger partial charge is 0.100 e. The summed E-state index contributed by atoms with van der Waals surface area (Å²) >= 11 is 4.07. The second-order valence-corrected chi connectivity index (χ2v) is 3.50. The quantitative estimate of drug-likeness (QED) is 0.418. The Morgan fingerprint density at radius 2 is 1.90 bits per heavy atom. The topological polar surface area (TPSA) is 38.0 Å². The van der Waals surface area contributed by atoms with Crippen LogP contribution in [-0.4, -0.2) is 11.5 Å². The predicted octanol–water partition coefficient (Wildman–Crippen LogP) is 1.08. The minimum Gasteiger partial charge on any atom is -0.308 e. The monoisotopic (exact) mass is 160 g/mol. The van der Waals surface area contributed by atoms with E-state index in [4.69, 9.17) is 5.73 Å². The van der Waals surface area contributed by atoms with Gasteiger partial charge in [0, 0.05) is 6.04 Å². The molecule has 1 rings (SSSR count). The molecule has 0 aliphatic heterocycles. The van der Waals surface area contributed by atoms with Crippen molar-refractivity contribution in [3.8, 4) is 0 Å². The van der Waals surface area contributed by atoms with E-state index in [2.05, 4.69) is 17.9 Å². The van der Waals surface area contributed by atoms with Crippen LogP contribution in [0.5, 0.6) is 0 Å². The van der Waals surface area contributed by atoms with Crippen molar-refractivity contribution in [1.82, 2.24) is 5.32 Å². The Hall–Kier alpha value is 0.270. The van der Waals surface area contributed by atoms with Crippen molar-refractivity contribution in [1.29, 1.82) is 0 Å². The summed E-state index contributed by atoms with van der Waals surface area (Å²) in [6.45, 7) is 0. The van der Waals surface area contributed by atoms with Crippen LogP contribution in [0.3, 0.4) is 0 Å². The normalized spacial score (nSPS) is 24.6. The molecule has 1 aliphatic rings. The van der Waals surface area contributed by atoms with Crippen molar-refractivity contribution < 1.29 is 0 Å². The van der Waals surface area contributed by atoms with E-state index in [0.717, 1.165) is 0 Å². The van der Waals surface area contributed by atoms with Crippen LogP contribution in [0.1, 0.15) is 32.1 Å². The lowest BCUT2D eigenvalue weighted by atomic mass is 9.96. The average molecular weight is 160 g/mol. The molecule has 0 aromatic carbocycles. The summed E-state index contributed by atoms with van der Waals surface area (Å²) in [4.78, 5) is 0. The van der Waals surface area contributed by atoms with E-state index in [1.54, 1.807) is 0 Å². The maximum Gasteiger partial charge on any atom is 0.100 e. The van der Waals surface area contributed by atoms with Gasteiger partial charge in [-0.2, -0.15) is 0 Å². The standard InChI is InChI=1S/C7H16N2S/c8-7(10)9-6-4-2-1-3-5-6/h6-7,9-10H,1-5,8H2. The van der Waals surface area contributed by atoms with Gasteiger partial charge in [-0.1, -0.05) is 19.3 Å². The summed E-state index contributed by atoms with van der Waals surface area (Å²) < 4.78 is 0. The van der Waals surface area contributed by atoms with Crippen LogP contribution >= 0.6 is 12.6 Å². The summed E-state index contributed by atoms with van der Waals surface area (Å²) in [5.74, 6) is 0. The van der Waals surface area contributed by atoms with E-state index in [1.165, 1.54) is 32.1 Å². The predicted molar refractivity (Wildman–Crippen MR) is 47.0 cm³/mol. The van der Waals surface area contributed by atoms with Crippen LogP contribution < -0.4 is 11.1 Å². The number of rotatable bonds is 2. The maximum absolute atomic E-state index is 5.48. The highest BCUT2D eigenvalue weighted by molar-refractivity contribution is 7.80. The SMILES string of the molecule is NC(S)NC1CCCCC1. The Kier molecular flexibility index (Phi) is 3.52. The van der Waals surface area contributed by atoms with Gasteiger partial charge in [-0.3, -0.25) is 5.32 Å².